The van der Waals surface area contributed by atoms with Gasteiger partial charge in [0.15, 0.2) is 0 Å². The van der Waals surface area contributed by atoms with Crippen LogP contribution in [0.15, 0.2) is 54.6 Å². The summed E-state index contributed by atoms with van der Waals surface area (Å²) in [4.78, 5) is 23.5. The summed E-state index contributed by atoms with van der Waals surface area (Å²) in [5, 5.41) is 8.92. The molecule has 3 rings (SSSR count). The molecule has 2 aromatic carbocycles. The molecule has 1 atom stereocenters. The molecule has 1 unspecified atom stereocenters. The van der Waals surface area contributed by atoms with E-state index in [1.807, 2.05) is 0 Å². The van der Waals surface area contributed by atoms with Crippen molar-refractivity contribution in [1.82, 2.24) is 0 Å². The zero-order chi connectivity index (χ0) is 21.8. The maximum Gasteiger partial charge on any atom is 0.382 e. The van der Waals surface area contributed by atoms with Gasteiger partial charge in [0, 0.05) is 0 Å². The lowest BCUT2D eigenvalue weighted by atomic mass is 9.99. The molecule has 1 fully saturated rings. The van der Waals surface area contributed by atoms with Crippen molar-refractivity contribution in [1.29, 1.82) is 0 Å². The molecule has 160 valence electrons. The summed E-state index contributed by atoms with van der Waals surface area (Å²) in [6.45, 7) is 2.07. The van der Waals surface area contributed by atoms with Crippen LogP contribution in [0.5, 0.6) is 5.75 Å². The lowest BCUT2D eigenvalue weighted by Gasteiger charge is -2.29. The smallest absolute Gasteiger partial charge is 0.382 e. The van der Waals surface area contributed by atoms with Crippen LogP contribution in [0.4, 0.5) is 8.78 Å². The minimum absolute atomic E-state index is 0.0291. The van der Waals surface area contributed by atoms with Gasteiger partial charge in [0.25, 0.3) is 0 Å². The number of aliphatic carboxylic acids is 1. The van der Waals surface area contributed by atoms with E-state index in [-0.39, 0.29) is 16.7 Å². The average molecular weight is 418 g/mol. The number of carboxylic acids is 1. The van der Waals surface area contributed by atoms with Crippen molar-refractivity contribution in [3.8, 4) is 5.75 Å². The fraction of sp³-hybridized carbons (Fsp3) is 0.391. The number of carbonyl (C=O) groups excluding carboxylic acids is 1. The molecule has 0 radical (unpaired) electrons. The standard InChI is InChI=1S/C23H24F2O5/c1-2-22(14-6-7-15-22)30-18-12-10-17(11-13-18)20(26)29-19(23(24,25)21(27)28)16-8-4-3-5-9-16/h3-5,8-13,19H,2,6-7,14-15H2,1H3,(H,27,28). The van der Waals surface area contributed by atoms with Crippen molar-refractivity contribution < 1.29 is 33.0 Å². The molecule has 1 aliphatic carbocycles. The topological polar surface area (TPSA) is 72.8 Å². The Labute approximate surface area is 173 Å². The van der Waals surface area contributed by atoms with E-state index in [0.29, 0.717) is 5.75 Å². The maximum absolute atomic E-state index is 14.2. The Balaban J connectivity index is 1.77. The number of benzene rings is 2. The number of hydrogen-bond donors (Lipinski definition) is 1. The summed E-state index contributed by atoms with van der Waals surface area (Å²) in [6, 6.07) is 13.1. The van der Waals surface area contributed by atoms with Gasteiger partial charge in [0.05, 0.1) is 5.56 Å². The van der Waals surface area contributed by atoms with Crippen molar-refractivity contribution in [3.63, 3.8) is 0 Å². The average Bonchev–Trinajstić information content (AvgIpc) is 3.21. The summed E-state index contributed by atoms with van der Waals surface area (Å²) in [5.74, 6) is -7.10. The van der Waals surface area contributed by atoms with Crippen molar-refractivity contribution in [2.24, 2.45) is 0 Å². The Bertz CT molecular complexity index is 874. The molecule has 0 spiro atoms. The highest BCUT2D eigenvalue weighted by atomic mass is 19.3. The molecule has 0 amide bonds. The summed E-state index contributed by atoms with van der Waals surface area (Å²) in [5.41, 5.74) is -0.282. The van der Waals surface area contributed by atoms with Gasteiger partial charge in [-0.2, -0.15) is 8.78 Å². The van der Waals surface area contributed by atoms with E-state index >= 15 is 0 Å². The molecule has 1 N–H and O–H groups in total. The predicted octanol–water partition coefficient (Wildman–Crippen LogP) is 5.41. The van der Waals surface area contributed by atoms with Crippen molar-refractivity contribution in [2.45, 2.75) is 56.7 Å². The van der Waals surface area contributed by atoms with Crippen LogP contribution < -0.4 is 4.74 Å². The van der Waals surface area contributed by atoms with E-state index in [1.54, 1.807) is 18.2 Å². The van der Waals surface area contributed by atoms with E-state index < -0.39 is 24.0 Å². The van der Waals surface area contributed by atoms with Gasteiger partial charge in [0.1, 0.15) is 11.4 Å². The molecule has 5 nitrogen and oxygen atoms in total. The van der Waals surface area contributed by atoms with Gasteiger partial charge in [-0.25, -0.2) is 9.59 Å². The van der Waals surface area contributed by atoms with Crippen LogP contribution in [-0.4, -0.2) is 28.6 Å². The van der Waals surface area contributed by atoms with Gasteiger partial charge >= 0.3 is 17.9 Å². The predicted molar refractivity (Wildman–Crippen MR) is 106 cm³/mol. The van der Waals surface area contributed by atoms with E-state index in [1.165, 1.54) is 36.4 Å². The third-order valence-corrected chi connectivity index (χ3v) is 5.53. The molecule has 0 heterocycles. The van der Waals surface area contributed by atoms with Crippen LogP contribution in [0.25, 0.3) is 0 Å². The van der Waals surface area contributed by atoms with Crippen LogP contribution in [-0.2, 0) is 9.53 Å². The number of esters is 1. The highest BCUT2D eigenvalue weighted by molar-refractivity contribution is 5.90. The quantitative estimate of drug-likeness (QED) is 0.581. The van der Waals surface area contributed by atoms with Crippen LogP contribution in [0.2, 0.25) is 0 Å². The number of ether oxygens (including phenoxy) is 2. The van der Waals surface area contributed by atoms with Crippen molar-refractivity contribution >= 4 is 11.9 Å². The molecule has 2 aromatic rings. The SMILES string of the molecule is CCC1(Oc2ccc(C(=O)OC(c3ccccc3)C(F)(F)C(=O)O)cc2)CCCC1. The third-order valence-electron chi connectivity index (χ3n) is 5.53. The van der Waals surface area contributed by atoms with E-state index in [2.05, 4.69) is 6.92 Å². The molecule has 1 saturated carbocycles. The highest BCUT2D eigenvalue weighted by Crippen LogP contribution is 2.38. The van der Waals surface area contributed by atoms with Crippen LogP contribution in [0.1, 0.15) is 61.1 Å². The number of alkyl halides is 2. The molecular formula is C23H24F2O5. The Hall–Kier alpha value is -2.96. The largest absolute Gasteiger partial charge is 0.487 e. The minimum atomic E-state index is -4.28. The highest BCUT2D eigenvalue weighted by Gasteiger charge is 2.51. The van der Waals surface area contributed by atoms with Gasteiger partial charge < -0.3 is 14.6 Å². The second kappa shape index (κ2) is 8.81. The summed E-state index contributed by atoms with van der Waals surface area (Å²) in [6.07, 6.45) is 2.78. The molecule has 30 heavy (non-hydrogen) atoms. The first-order valence-electron chi connectivity index (χ1n) is 9.94. The number of carboxylic acid groups (broad SMARTS) is 1. The minimum Gasteiger partial charge on any atom is -0.487 e. The maximum atomic E-state index is 14.2. The Morgan fingerprint density at radius 3 is 2.20 bits per heavy atom. The molecule has 0 saturated heterocycles. The van der Waals surface area contributed by atoms with Crippen LogP contribution in [0, 0.1) is 0 Å². The first kappa shape index (κ1) is 21.7. The van der Waals surface area contributed by atoms with Crippen molar-refractivity contribution in [3.05, 3.63) is 65.7 Å². The third kappa shape index (κ3) is 4.61. The summed E-state index contributed by atoms with van der Waals surface area (Å²) < 4.78 is 39.6. The second-order valence-corrected chi connectivity index (χ2v) is 7.49. The van der Waals surface area contributed by atoms with Crippen LogP contribution in [0.3, 0.4) is 0 Å². The molecule has 1 aliphatic rings. The van der Waals surface area contributed by atoms with E-state index in [4.69, 9.17) is 14.6 Å². The number of hydrogen-bond acceptors (Lipinski definition) is 4. The lowest BCUT2D eigenvalue weighted by Crippen LogP contribution is -2.38. The van der Waals surface area contributed by atoms with Gasteiger partial charge in [-0.1, -0.05) is 37.3 Å². The Kier molecular flexibility index (Phi) is 6.39. The molecule has 0 aromatic heterocycles. The van der Waals surface area contributed by atoms with E-state index in [9.17, 15) is 18.4 Å². The zero-order valence-corrected chi connectivity index (χ0v) is 16.6. The molecule has 0 bridgehead atoms. The van der Waals surface area contributed by atoms with Gasteiger partial charge in [-0.15, -0.1) is 0 Å². The summed E-state index contributed by atoms with van der Waals surface area (Å²) in [7, 11) is 0. The Morgan fingerprint density at radius 2 is 1.67 bits per heavy atom. The fourth-order valence-electron chi connectivity index (χ4n) is 3.72. The number of halogens is 2. The van der Waals surface area contributed by atoms with Gasteiger partial charge in [-0.3, -0.25) is 0 Å². The first-order valence-corrected chi connectivity index (χ1v) is 9.94. The number of rotatable bonds is 8. The molecular weight excluding hydrogens is 394 g/mol. The molecule has 0 aliphatic heterocycles. The zero-order valence-electron chi connectivity index (χ0n) is 16.6. The van der Waals surface area contributed by atoms with Gasteiger partial charge in [-0.05, 0) is 61.9 Å². The number of carbonyl (C=O) groups is 2. The van der Waals surface area contributed by atoms with Crippen LogP contribution >= 0.6 is 0 Å². The fourth-order valence-corrected chi connectivity index (χ4v) is 3.72. The Morgan fingerprint density at radius 1 is 1.07 bits per heavy atom. The first-order chi connectivity index (χ1) is 14.3. The normalized spacial score (nSPS) is 16.6. The molecule has 7 heteroatoms. The second-order valence-electron chi connectivity index (χ2n) is 7.49. The van der Waals surface area contributed by atoms with Crippen molar-refractivity contribution in [2.75, 3.05) is 0 Å². The van der Waals surface area contributed by atoms with Gasteiger partial charge in [0.2, 0.25) is 6.10 Å². The summed E-state index contributed by atoms with van der Waals surface area (Å²) >= 11 is 0. The monoisotopic (exact) mass is 418 g/mol. The lowest BCUT2D eigenvalue weighted by molar-refractivity contribution is -0.183. The van der Waals surface area contributed by atoms with E-state index in [0.717, 1.165) is 32.1 Å².